The minimum atomic E-state index is -1.64. The van der Waals surface area contributed by atoms with Crippen LogP contribution in [-0.4, -0.2) is 43.8 Å². The smallest absolute Gasteiger partial charge is 0.184 e. The summed E-state index contributed by atoms with van der Waals surface area (Å²) in [5.41, 5.74) is 0.975. The van der Waals surface area contributed by atoms with Crippen molar-refractivity contribution in [3.05, 3.63) is 0 Å². The average molecular weight is 609 g/mol. The molecule has 0 unspecified atom stereocenters. The first kappa shape index (κ1) is 33.4. The molecule has 0 saturated heterocycles. The number of rotatable bonds is 11. The molecule has 3 nitrogen and oxygen atoms in total. The Bertz CT molecular complexity index is 845. The summed E-state index contributed by atoms with van der Waals surface area (Å²) >= 11 is 0. The summed E-state index contributed by atoms with van der Waals surface area (Å²) in [5.74, 6) is 4.94. The number of unbranched alkanes of at least 4 members (excludes halogenated alkanes) is 1. The SMILES string of the molecule is C[C@H](CCCCO[Si](C)(C)C)[C@H]1CC[C@H]2[C@@H]3[C@H](O[Si](C)(C)C)C[C@@H]4C[C@H](O[Si](C)(C)C)CC[C@]4(C)[C@H]3CC[C@]12C. The lowest BCUT2D eigenvalue weighted by Crippen LogP contribution is -2.60. The molecule has 0 aromatic carbocycles. The van der Waals surface area contributed by atoms with E-state index in [1.54, 1.807) is 0 Å². The molecular weight excluding hydrogens is 541 g/mol. The first-order valence-corrected chi connectivity index (χ1v) is 27.5. The van der Waals surface area contributed by atoms with E-state index in [0.717, 1.165) is 42.1 Å². The first-order valence-electron chi connectivity index (χ1n) is 17.3. The highest BCUT2D eigenvalue weighted by molar-refractivity contribution is 6.70. The van der Waals surface area contributed by atoms with E-state index >= 15 is 0 Å². The zero-order chi connectivity index (χ0) is 29.7. The Hall–Kier alpha value is 0.531. The molecule has 0 amide bonds. The van der Waals surface area contributed by atoms with Gasteiger partial charge in [0.15, 0.2) is 25.0 Å². The predicted octanol–water partition coefficient (Wildman–Crippen LogP) is 10.4. The summed E-state index contributed by atoms with van der Waals surface area (Å²) in [6, 6.07) is 0. The van der Waals surface area contributed by atoms with Crippen LogP contribution in [0.1, 0.15) is 91.4 Å². The van der Waals surface area contributed by atoms with Crippen LogP contribution >= 0.6 is 0 Å². The molecule has 4 saturated carbocycles. The van der Waals surface area contributed by atoms with Crippen molar-refractivity contribution in [3.8, 4) is 0 Å². The van der Waals surface area contributed by atoms with Gasteiger partial charge in [-0.1, -0.05) is 33.6 Å². The maximum absolute atomic E-state index is 7.24. The minimum absolute atomic E-state index is 0.470. The fourth-order valence-electron chi connectivity index (χ4n) is 10.5. The van der Waals surface area contributed by atoms with Gasteiger partial charge in [-0.05, 0) is 163 Å². The molecule has 6 heteroatoms. The van der Waals surface area contributed by atoms with Crippen LogP contribution in [0.4, 0.5) is 0 Å². The summed E-state index contributed by atoms with van der Waals surface area (Å²) in [6.45, 7) is 30.3. The van der Waals surface area contributed by atoms with Crippen molar-refractivity contribution in [1.29, 1.82) is 0 Å². The Morgan fingerprint density at radius 3 is 1.95 bits per heavy atom. The molecular formula is C34H68O3Si3. The Morgan fingerprint density at radius 2 is 1.32 bits per heavy atom. The second-order valence-electron chi connectivity index (χ2n) is 18.3. The minimum Gasteiger partial charge on any atom is -0.418 e. The fraction of sp³-hybridized carbons (Fsp3) is 1.00. The van der Waals surface area contributed by atoms with E-state index in [1.807, 2.05) is 0 Å². The largest absolute Gasteiger partial charge is 0.418 e. The van der Waals surface area contributed by atoms with Crippen molar-refractivity contribution in [1.82, 2.24) is 0 Å². The van der Waals surface area contributed by atoms with Gasteiger partial charge in [-0.25, -0.2) is 0 Å². The second-order valence-corrected chi connectivity index (χ2v) is 31.7. The first-order chi connectivity index (χ1) is 18.3. The van der Waals surface area contributed by atoms with Crippen molar-refractivity contribution in [2.24, 2.45) is 46.3 Å². The van der Waals surface area contributed by atoms with Gasteiger partial charge in [-0.15, -0.1) is 0 Å². The summed E-state index contributed by atoms with van der Waals surface area (Å²) in [5, 5.41) is 0. The van der Waals surface area contributed by atoms with Gasteiger partial charge in [-0.2, -0.15) is 0 Å². The highest BCUT2D eigenvalue weighted by Crippen LogP contribution is 2.69. The van der Waals surface area contributed by atoms with Crippen LogP contribution in [0, 0.1) is 46.3 Å². The molecule has 0 heterocycles. The molecule has 4 aliphatic rings. The summed E-state index contributed by atoms with van der Waals surface area (Å²) < 4.78 is 20.1. The Kier molecular flexibility index (Phi) is 10.1. The summed E-state index contributed by atoms with van der Waals surface area (Å²) in [4.78, 5) is 0. The van der Waals surface area contributed by atoms with Gasteiger partial charge < -0.3 is 13.3 Å². The summed E-state index contributed by atoms with van der Waals surface area (Å²) in [6.07, 6.45) is 15.9. The number of fused-ring (bicyclic) bond motifs is 5. The average Bonchev–Trinajstić information content (AvgIpc) is 3.14. The normalized spacial score (nSPS) is 41.2. The zero-order valence-corrected chi connectivity index (χ0v) is 31.8. The Labute approximate surface area is 253 Å². The molecule has 234 valence electrons. The van der Waals surface area contributed by atoms with E-state index in [4.69, 9.17) is 13.3 Å². The van der Waals surface area contributed by atoms with Gasteiger partial charge in [0.25, 0.3) is 0 Å². The molecule has 0 spiro atoms. The van der Waals surface area contributed by atoms with Crippen molar-refractivity contribution in [2.75, 3.05) is 6.61 Å². The molecule has 10 atom stereocenters. The van der Waals surface area contributed by atoms with Crippen molar-refractivity contribution < 1.29 is 13.3 Å². The molecule has 0 aromatic rings. The second kappa shape index (κ2) is 12.1. The van der Waals surface area contributed by atoms with Crippen LogP contribution in [0.25, 0.3) is 0 Å². The van der Waals surface area contributed by atoms with Crippen LogP contribution in [0.15, 0.2) is 0 Å². The highest BCUT2D eigenvalue weighted by Gasteiger charge is 2.63. The maximum atomic E-state index is 7.24. The molecule has 4 aliphatic carbocycles. The molecule has 0 N–H and O–H groups in total. The van der Waals surface area contributed by atoms with Crippen LogP contribution in [0.3, 0.4) is 0 Å². The Balaban J connectivity index is 1.49. The third-order valence-electron chi connectivity index (χ3n) is 12.0. The summed E-state index contributed by atoms with van der Waals surface area (Å²) in [7, 11) is -4.53. The van der Waals surface area contributed by atoms with E-state index in [9.17, 15) is 0 Å². The lowest BCUT2D eigenvalue weighted by Gasteiger charge is -2.64. The van der Waals surface area contributed by atoms with Crippen molar-refractivity contribution in [2.45, 2.75) is 163 Å². The van der Waals surface area contributed by atoms with Gasteiger partial charge in [0.1, 0.15) is 0 Å². The number of hydrogen-bond donors (Lipinski definition) is 0. The maximum Gasteiger partial charge on any atom is 0.184 e. The van der Waals surface area contributed by atoms with Gasteiger partial charge in [0.2, 0.25) is 0 Å². The number of hydrogen-bond acceptors (Lipinski definition) is 3. The predicted molar refractivity (Wildman–Crippen MR) is 179 cm³/mol. The topological polar surface area (TPSA) is 27.7 Å². The van der Waals surface area contributed by atoms with E-state index in [0.29, 0.717) is 23.0 Å². The van der Waals surface area contributed by atoms with Crippen LogP contribution in [0.2, 0.25) is 58.9 Å². The van der Waals surface area contributed by atoms with Gasteiger partial charge in [0, 0.05) is 18.8 Å². The third kappa shape index (κ3) is 7.60. The van der Waals surface area contributed by atoms with Crippen LogP contribution in [0.5, 0.6) is 0 Å². The van der Waals surface area contributed by atoms with E-state index in [1.165, 1.54) is 70.6 Å². The molecule has 4 rings (SSSR count). The highest BCUT2D eigenvalue weighted by atomic mass is 28.4. The van der Waals surface area contributed by atoms with Gasteiger partial charge in [-0.3, -0.25) is 0 Å². The van der Waals surface area contributed by atoms with E-state index < -0.39 is 25.0 Å². The van der Waals surface area contributed by atoms with Crippen molar-refractivity contribution >= 4 is 25.0 Å². The monoisotopic (exact) mass is 608 g/mol. The van der Waals surface area contributed by atoms with Gasteiger partial charge >= 0.3 is 0 Å². The van der Waals surface area contributed by atoms with E-state index in [2.05, 4.69) is 79.7 Å². The van der Waals surface area contributed by atoms with Gasteiger partial charge in [0.05, 0.1) is 0 Å². The fourth-order valence-corrected chi connectivity index (χ4v) is 13.6. The molecule has 0 aromatic heterocycles. The van der Waals surface area contributed by atoms with E-state index in [-0.39, 0.29) is 0 Å². The lowest BCUT2D eigenvalue weighted by atomic mass is 9.43. The third-order valence-corrected chi connectivity index (χ3v) is 15.1. The molecule has 0 aliphatic heterocycles. The lowest BCUT2D eigenvalue weighted by molar-refractivity contribution is -0.168. The molecule has 4 fully saturated rings. The molecule has 0 bridgehead atoms. The van der Waals surface area contributed by atoms with Crippen LogP contribution in [-0.2, 0) is 13.3 Å². The zero-order valence-electron chi connectivity index (χ0n) is 28.8. The van der Waals surface area contributed by atoms with Crippen LogP contribution < -0.4 is 0 Å². The Morgan fingerprint density at radius 1 is 0.700 bits per heavy atom. The standard InChI is InChI=1S/C34H68O3Si3/c1-25(15-13-14-22-35-38(4,5)6)28-16-17-29-32-30(19-21-34(28,29)3)33(2)20-18-27(36-39(7,8)9)23-26(33)24-31(32)37-40(10,11)12/h25-32H,13-24H2,1-12H3/t25-,26+,27-,28-,29+,30+,31-,32+,33+,34-/m1/s1. The molecule has 0 radical (unpaired) electrons. The molecule has 40 heavy (non-hydrogen) atoms. The van der Waals surface area contributed by atoms with Crippen molar-refractivity contribution in [3.63, 3.8) is 0 Å². The quantitative estimate of drug-likeness (QED) is 0.172.